The number of hydrogen-bond acceptors (Lipinski definition) is 3. The zero-order valence-corrected chi connectivity index (χ0v) is 12.8. The molecule has 0 saturated heterocycles. The number of rotatable bonds is 3. The van der Waals surface area contributed by atoms with Gasteiger partial charge in [0.2, 0.25) is 0 Å². The summed E-state index contributed by atoms with van der Waals surface area (Å²) in [7, 11) is 1.60. The van der Waals surface area contributed by atoms with Gasteiger partial charge in [0.05, 0.1) is 24.1 Å². The van der Waals surface area contributed by atoms with E-state index in [0.29, 0.717) is 17.0 Å². The van der Waals surface area contributed by atoms with Crippen molar-refractivity contribution >= 4 is 23.4 Å². The number of hydrogen-bond donors (Lipinski definition) is 0. The van der Waals surface area contributed by atoms with Gasteiger partial charge >= 0.3 is 0 Å². The van der Waals surface area contributed by atoms with Crippen LogP contribution in [0.15, 0.2) is 59.2 Å². The minimum absolute atomic E-state index is 0.232. The molecule has 0 aliphatic carbocycles. The summed E-state index contributed by atoms with van der Waals surface area (Å²) < 4.78 is 18.1. The lowest BCUT2D eigenvalue weighted by Crippen LogP contribution is -2.21. The molecule has 3 rings (SSSR count). The third kappa shape index (κ3) is 2.99. The largest absolute Gasteiger partial charge is 0.497 e. The van der Waals surface area contributed by atoms with Crippen molar-refractivity contribution in [2.24, 2.45) is 5.10 Å². The van der Waals surface area contributed by atoms with Crippen molar-refractivity contribution in [2.75, 3.05) is 12.1 Å². The number of anilines is 1. The van der Waals surface area contributed by atoms with Crippen LogP contribution in [0.1, 0.15) is 12.5 Å². The monoisotopic (exact) mass is 310 g/mol. The van der Waals surface area contributed by atoms with E-state index in [1.807, 2.05) is 24.3 Å². The van der Waals surface area contributed by atoms with E-state index in [1.165, 1.54) is 29.3 Å². The maximum atomic E-state index is 13.0. The number of methoxy groups -OCH3 is 1. The average molecular weight is 310 g/mol. The van der Waals surface area contributed by atoms with E-state index in [-0.39, 0.29) is 11.7 Å². The summed E-state index contributed by atoms with van der Waals surface area (Å²) in [6, 6.07) is 13.1. The van der Waals surface area contributed by atoms with Crippen LogP contribution in [0.5, 0.6) is 5.75 Å². The van der Waals surface area contributed by atoms with Crippen LogP contribution in [0, 0.1) is 5.82 Å². The second-order valence-corrected chi connectivity index (χ2v) is 5.11. The molecule has 2 aromatic rings. The first kappa shape index (κ1) is 15.0. The Bertz CT molecular complexity index is 793. The molecule has 23 heavy (non-hydrogen) atoms. The molecule has 1 aliphatic heterocycles. The fraction of sp³-hybridized carbons (Fsp3) is 0.111. The predicted octanol–water partition coefficient (Wildman–Crippen LogP) is 3.64. The number of halogens is 1. The second-order valence-electron chi connectivity index (χ2n) is 5.11. The lowest BCUT2D eigenvalue weighted by atomic mass is 10.1. The number of benzene rings is 2. The quantitative estimate of drug-likeness (QED) is 0.812. The molecule has 4 nitrogen and oxygen atoms in total. The van der Waals surface area contributed by atoms with Gasteiger partial charge in [-0.1, -0.05) is 12.1 Å². The molecule has 0 atom stereocenters. The van der Waals surface area contributed by atoms with Crippen molar-refractivity contribution in [3.05, 3.63) is 65.5 Å². The van der Waals surface area contributed by atoms with Crippen LogP contribution in [0.3, 0.4) is 0 Å². The SMILES string of the molecule is COc1ccc(/C=C2\C(=O)N(c3ccc(F)cc3)N=C2C)cc1. The van der Waals surface area contributed by atoms with Crippen molar-refractivity contribution in [1.29, 1.82) is 0 Å². The van der Waals surface area contributed by atoms with Crippen LogP contribution >= 0.6 is 0 Å². The minimum atomic E-state index is -0.352. The third-order valence-corrected chi connectivity index (χ3v) is 3.56. The molecule has 2 aromatic carbocycles. The Kier molecular flexibility index (Phi) is 3.93. The van der Waals surface area contributed by atoms with Crippen LogP contribution < -0.4 is 9.75 Å². The molecule has 5 heteroatoms. The summed E-state index contributed by atoms with van der Waals surface area (Å²) in [6.45, 7) is 1.77. The van der Waals surface area contributed by atoms with Gasteiger partial charge in [-0.25, -0.2) is 4.39 Å². The lowest BCUT2D eigenvalue weighted by molar-refractivity contribution is -0.114. The highest BCUT2D eigenvalue weighted by Crippen LogP contribution is 2.25. The average Bonchev–Trinajstić information content (AvgIpc) is 2.84. The van der Waals surface area contributed by atoms with Crippen molar-refractivity contribution < 1.29 is 13.9 Å². The highest BCUT2D eigenvalue weighted by molar-refractivity contribution is 6.32. The van der Waals surface area contributed by atoms with E-state index in [2.05, 4.69) is 5.10 Å². The summed E-state index contributed by atoms with van der Waals surface area (Å²) in [5, 5.41) is 5.55. The molecule has 0 bridgehead atoms. The molecule has 0 fully saturated rings. The zero-order chi connectivity index (χ0) is 16.4. The molecule has 116 valence electrons. The van der Waals surface area contributed by atoms with E-state index >= 15 is 0 Å². The van der Waals surface area contributed by atoms with Gasteiger partial charge in [0, 0.05) is 0 Å². The van der Waals surface area contributed by atoms with E-state index in [1.54, 1.807) is 20.1 Å². The normalized spacial score (nSPS) is 16.0. The van der Waals surface area contributed by atoms with E-state index in [0.717, 1.165) is 11.3 Å². The van der Waals surface area contributed by atoms with Gasteiger partial charge in [0.1, 0.15) is 11.6 Å². The van der Waals surface area contributed by atoms with Gasteiger partial charge < -0.3 is 4.74 Å². The van der Waals surface area contributed by atoms with Crippen molar-refractivity contribution in [3.63, 3.8) is 0 Å². The summed E-state index contributed by atoms with van der Waals surface area (Å²) >= 11 is 0. The van der Waals surface area contributed by atoms with E-state index < -0.39 is 0 Å². The van der Waals surface area contributed by atoms with Gasteiger partial charge in [0.25, 0.3) is 5.91 Å². The Morgan fingerprint density at radius 1 is 1.09 bits per heavy atom. The Morgan fingerprint density at radius 3 is 2.35 bits per heavy atom. The fourth-order valence-electron chi connectivity index (χ4n) is 2.31. The molecule has 0 saturated carbocycles. The number of hydrazone groups is 1. The maximum Gasteiger partial charge on any atom is 0.280 e. The smallest absolute Gasteiger partial charge is 0.280 e. The van der Waals surface area contributed by atoms with E-state index in [4.69, 9.17) is 4.74 Å². The Labute approximate surface area is 133 Å². The van der Waals surface area contributed by atoms with Gasteiger partial charge in [-0.15, -0.1) is 0 Å². The van der Waals surface area contributed by atoms with E-state index in [9.17, 15) is 9.18 Å². The molecular weight excluding hydrogens is 295 g/mol. The van der Waals surface area contributed by atoms with Crippen LogP contribution in [0.25, 0.3) is 6.08 Å². The highest BCUT2D eigenvalue weighted by atomic mass is 19.1. The van der Waals surface area contributed by atoms with Crippen molar-refractivity contribution in [3.8, 4) is 5.75 Å². The Morgan fingerprint density at radius 2 is 1.74 bits per heavy atom. The summed E-state index contributed by atoms with van der Waals surface area (Å²) in [5.74, 6) is 0.170. The number of ether oxygens (including phenoxy) is 1. The standard InChI is InChI=1S/C18H15FN2O2/c1-12-17(11-13-3-9-16(23-2)10-4-13)18(22)21(20-12)15-7-5-14(19)6-8-15/h3-11H,1-2H3/b17-11-. The third-order valence-electron chi connectivity index (χ3n) is 3.56. The molecule has 0 N–H and O–H groups in total. The zero-order valence-electron chi connectivity index (χ0n) is 12.8. The Hall–Kier alpha value is -2.95. The first-order chi connectivity index (χ1) is 11.1. The number of carbonyl (C=O) groups excluding carboxylic acids is 1. The molecular formula is C18H15FN2O2. The Balaban J connectivity index is 1.89. The molecule has 1 amide bonds. The minimum Gasteiger partial charge on any atom is -0.497 e. The van der Waals surface area contributed by atoms with Gasteiger partial charge in [-0.05, 0) is 55.0 Å². The number of carbonyl (C=O) groups is 1. The molecule has 1 aliphatic rings. The molecule has 0 aromatic heterocycles. The first-order valence-electron chi connectivity index (χ1n) is 7.10. The van der Waals surface area contributed by atoms with Gasteiger partial charge in [-0.3, -0.25) is 4.79 Å². The molecule has 0 spiro atoms. The lowest BCUT2D eigenvalue weighted by Gasteiger charge is -2.11. The second kappa shape index (κ2) is 6.04. The summed E-state index contributed by atoms with van der Waals surface area (Å²) in [5.41, 5.74) is 2.55. The predicted molar refractivity (Wildman–Crippen MR) is 88.0 cm³/mol. The van der Waals surface area contributed by atoms with Crippen LogP contribution in [0.4, 0.5) is 10.1 Å². The summed E-state index contributed by atoms with van der Waals surface area (Å²) in [4.78, 5) is 12.6. The van der Waals surface area contributed by atoms with Crippen molar-refractivity contribution in [2.45, 2.75) is 6.92 Å². The summed E-state index contributed by atoms with van der Waals surface area (Å²) in [6.07, 6.45) is 1.78. The first-order valence-corrected chi connectivity index (χ1v) is 7.10. The highest BCUT2D eigenvalue weighted by Gasteiger charge is 2.28. The molecule has 0 unspecified atom stereocenters. The van der Waals surface area contributed by atoms with Crippen LogP contribution in [-0.4, -0.2) is 18.7 Å². The van der Waals surface area contributed by atoms with Crippen LogP contribution in [-0.2, 0) is 4.79 Å². The topological polar surface area (TPSA) is 41.9 Å². The fourth-order valence-corrected chi connectivity index (χ4v) is 2.31. The maximum absolute atomic E-state index is 13.0. The number of nitrogens with zero attached hydrogens (tertiary/aromatic N) is 2. The van der Waals surface area contributed by atoms with Gasteiger partial charge in [-0.2, -0.15) is 10.1 Å². The van der Waals surface area contributed by atoms with Gasteiger partial charge in [0.15, 0.2) is 0 Å². The number of amides is 1. The van der Waals surface area contributed by atoms with Crippen molar-refractivity contribution in [1.82, 2.24) is 0 Å². The molecule has 1 heterocycles. The van der Waals surface area contributed by atoms with Crippen LogP contribution in [0.2, 0.25) is 0 Å². The molecule has 0 radical (unpaired) electrons.